The van der Waals surface area contributed by atoms with E-state index in [0.29, 0.717) is 17.9 Å². The van der Waals surface area contributed by atoms with E-state index in [1.54, 1.807) is 6.08 Å². The van der Waals surface area contributed by atoms with E-state index in [9.17, 15) is 4.79 Å². The molecule has 100 valence electrons. The molecule has 0 saturated carbocycles. The topological polar surface area (TPSA) is 29.1 Å². The molecule has 0 aliphatic carbocycles. The number of nitrogens with one attached hydrogen (secondary N) is 1. The van der Waals surface area contributed by atoms with Crippen LogP contribution in [0.25, 0.3) is 6.08 Å². The van der Waals surface area contributed by atoms with E-state index < -0.39 is 0 Å². The van der Waals surface area contributed by atoms with Gasteiger partial charge in [0.25, 0.3) is 0 Å². The van der Waals surface area contributed by atoms with Gasteiger partial charge in [0.1, 0.15) is 0 Å². The van der Waals surface area contributed by atoms with Crippen LogP contribution in [-0.2, 0) is 0 Å². The first-order valence-corrected chi connectivity index (χ1v) is 7.29. The second kappa shape index (κ2) is 5.30. The Labute approximate surface area is 114 Å². The highest BCUT2D eigenvalue weighted by Crippen LogP contribution is 2.32. The summed E-state index contributed by atoms with van der Waals surface area (Å²) >= 11 is 0. The van der Waals surface area contributed by atoms with Gasteiger partial charge < -0.3 is 5.32 Å². The monoisotopic (exact) mass is 255 g/mol. The molecule has 2 aliphatic heterocycles. The van der Waals surface area contributed by atoms with Crippen LogP contribution in [-0.4, -0.2) is 17.9 Å². The summed E-state index contributed by atoms with van der Waals surface area (Å²) in [6, 6.07) is 8.93. The number of carbonyl (C=O) groups excluding carboxylic acids is 1. The maximum Gasteiger partial charge on any atom is 0.166 e. The summed E-state index contributed by atoms with van der Waals surface area (Å²) in [5, 5.41) is 3.65. The van der Waals surface area contributed by atoms with Gasteiger partial charge in [-0.15, -0.1) is 0 Å². The molecule has 2 fully saturated rings. The first-order valence-electron chi connectivity index (χ1n) is 7.29. The van der Waals surface area contributed by atoms with Crippen LogP contribution in [0.15, 0.2) is 30.8 Å². The number of ketones is 1. The number of benzene rings is 1. The van der Waals surface area contributed by atoms with Crippen LogP contribution in [0.2, 0.25) is 0 Å². The van der Waals surface area contributed by atoms with Gasteiger partial charge in [-0.2, -0.15) is 0 Å². The molecule has 0 spiro atoms. The van der Waals surface area contributed by atoms with Gasteiger partial charge in [0.15, 0.2) is 5.78 Å². The molecule has 2 aliphatic rings. The van der Waals surface area contributed by atoms with Gasteiger partial charge in [0, 0.05) is 23.6 Å². The number of carbonyl (C=O) groups is 1. The van der Waals surface area contributed by atoms with Crippen molar-refractivity contribution in [3.8, 4) is 0 Å². The van der Waals surface area contributed by atoms with Crippen molar-refractivity contribution in [3.63, 3.8) is 0 Å². The third-order valence-electron chi connectivity index (χ3n) is 4.53. The predicted octanol–water partition coefficient (Wildman–Crippen LogP) is 3.43. The Balaban J connectivity index is 1.82. The molecule has 2 nitrogen and oxygen atoms in total. The molecule has 2 saturated heterocycles. The summed E-state index contributed by atoms with van der Waals surface area (Å²) in [6.07, 6.45) is 7.55. The average Bonchev–Trinajstić information content (AvgIpc) is 2.46. The second-order valence-electron chi connectivity index (χ2n) is 5.82. The Hall–Kier alpha value is -1.41. The zero-order chi connectivity index (χ0) is 13.2. The van der Waals surface area contributed by atoms with E-state index in [2.05, 4.69) is 11.9 Å². The Morgan fingerprint density at radius 1 is 1.21 bits per heavy atom. The molecule has 2 heterocycles. The minimum absolute atomic E-state index is 0.192. The van der Waals surface area contributed by atoms with E-state index in [1.807, 2.05) is 24.3 Å². The van der Waals surface area contributed by atoms with Gasteiger partial charge in [0.2, 0.25) is 0 Å². The molecule has 2 atom stereocenters. The van der Waals surface area contributed by atoms with E-state index in [1.165, 1.54) is 19.3 Å². The molecule has 0 amide bonds. The largest absolute Gasteiger partial charge is 0.311 e. The lowest BCUT2D eigenvalue weighted by Crippen LogP contribution is -2.50. The van der Waals surface area contributed by atoms with Crippen LogP contribution in [0.5, 0.6) is 0 Å². The number of hydrogen-bond acceptors (Lipinski definition) is 2. The lowest BCUT2D eigenvalue weighted by molar-refractivity contribution is 0.0825. The highest BCUT2D eigenvalue weighted by Gasteiger charge is 2.35. The first-order chi connectivity index (χ1) is 9.28. The highest BCUT2D eigenvalue weighted by atomic mass is 16.1. The quantitative estimate of drug-likeness (QED) is 0.838. The molecule has 19 heavy (non-hydrogen) atoms. The summed E-state index contributed by atoms with van der Waals surface area (Å²) in [6.45, 7) is 3.81. The van der Waals surface area contributed by atoms with Crippen LogP contribution < -0.4 is 5.32 Å². The SMILES string of the molecule is C=Cc1ccccc1C(=O)C1CC2CCCC(C1)N2. The van der Waals surface area contributed by atoms with E-state index in [4.69, 9.17) is 0 Å². The zero-order valence-electron chi connectivity index (χ0n) is 11.3. The third-order valence-corrected chi connectivity index (χ3v) is 4.53. The summed E-state index contributed by atoms with van der Waals surface area (Å²) in [5.74, 6) is 0.506. The summed E-state index contributed by atoms with van der Waals surface area (Å²) in [7, 11) is 0. The molecule has 1 N–H and O–H groups in total. The molecular formula is C17H21NO. The number of Topliss-reactive ketones (excluding diaryl/α,β-unsaturated/α-hetero) is 1. The molecule has 1 aromatic carbocycles. The maximum atomic E-state index is 12.7. The van der Waals surface area contributed by atoms with Crippen molar-refractivity contribution in [1.29, 1.82) is 0 Å². The normalized spacial score (nSPS) is 29.8. The molecule has 0 radical (unpaired) electrons. The smallest absolute Gasteiger partial charge is 0.166 e. The fourth-order valence-electron chi connectivity index (χ4n) is 3.60. The number of hydrogen-bond donors (Lipinski definition) is 1. The van der Waals surface area contributed by atoms with Crippen LogP contribution in [0, 0.1) is 5.92 Å². The van der Waals surface area contributed by atoms with Crippen molar-refractivity contribution in [3.05, 3.63) is 42.0 Å². The van der Waals surface area contributed by atoms with Crippen LogP contribution in [0.1, 0.15) is 48.0 Å². The Bertz CT molecular complexity index is 482. The number of piperidine rings is 2. The molecule has 2 unspecified atom stereocenters. The number of rotatable bonds is 3. The summed E-state index contributed by atoms with van der Waals surface area (Å²) in [4.78, 5) is 12.7. The van der Waals surface area contributed by atoms with Gasteiger partial charge in [-0.1, -0.05) is 43.3 Å². The van der Waals surface area contributed by atoms with Gasteiger partial charge >= 0.3 is 0 Å². The van der Waals surface area contributed by atoms with E-state index in [0.717, 1.165) is 24.0 Å². The van der Waals surface area contributed by atoms with Crippen molar-refractivity contribution in [1.82, 2.24) is 5.32 Å². The van der Waals surface area contributed by atoms with Gasteiger partial charge in [-0.05, 0) is 31.2 Å². The highest BCUT2D eigenvalue weighted by molar-refractivity contribution is 6.01. The van der Waals surface area contributed by atoms with Gasteiger partial charge in [-0.3, -0.25) is 4.79 Å². The molecule has 1 aromatic rings. The predicted molar refractivity (Wildman–Crippen MR) is 78.2 cm³/mol. The van der Waals surface area contributed by atoms with Crippen LogP contribution >= 0.6 is 0 Å². The van der Waals surface area contributed by atoms with Gasteiger partial charge in [0.05, 0.1) is 0 Å². The standard InChI is InChI=1S/C17H21NO/c1-2-12-6-3-4-9-16(12)17(19)13-10-14-7-5-8-15(11-13)18-14/h2-4,6,9,13-15,18H,1,5,7-8,10-11H2. The van der Waals surface area contributed by atoms with E-state index in [-0.39, 0.29) is 5.92 Å². The fraction of sp³-hybridized carbons (Fsp3) is 0.471. The summed E-state index contributed by atoms with van der Waals surface area (Å²) in [5.41, 5.74) is 1.82. The molecule has 2 heteroatoms. The lowest BCUT2D eigenvalue weighted by atomic mass is 9.77. The van der Waals surface area contributed by atoms with Crippen LogP contribution in [0.4, 0.5) is 0 Å². The fourth-order valence-corrected chi connectivity index (χ4v) is 3.60. The molecule has 0 aromatic heterocycles. The molecule has 2 bridgehead atoms. The minimum Gasteiger partial charge on any atom is -0.311 e. The first kappa shape index (κ1) is 12.6. The lowest BCUT2D eigenvalue weighted by Gasteiger charge is -2.39. The van der Waals surface area contributed by atoms with Crippen LogP contribution in [0.3, 0.4) is 0 Å². The van der Waals surface area contributed by atoms with Gasteiger partial charge in [-0.25, -0.2) is 0 Å². The molecular weight excluding hydrogens is 234 g/mol. The average molecular weight is 255 g/mol. The Kier molecular flexibility index (Phi) is 3.52. The second-order valence-corrected chi connectivity index (χ2v) is 5.82. The Morgan fingerprint density at radius 2 is 1.89 bits per heavy atom. The molecule has 3 rings (SSSR count). The summed E-state index contributed by atoms with van der Waals surface area (Å²) < 4.78 is 0. The number of fused-ring (bicyclic) bond motifs is 2. The third kappa shape index (κ3) is 2.50. The Morgan fingerprint density at radius 3 is 2.58 bits per heavy atom. The van der Waals surface area contributed by atoms with Crippen molar-refractivity contribution in [2.45, 2.75) is 44.2 Å². The van der Waals surface area contributed by atoms with Crippen molar-refractivity contribution in [2.24, 2.45) is 5.92 Å². The zero-order valence-corrected chi connectivity index (χ0v) is 11.3. The van der Waals surface area contributed by atoms with Crippen molar-refractivity contribution >= 4 is 11.9 Å². The van der Waals surface area contributed by atoms with E-state index >= 15 is 0 Å². The maximum absolute atomic E-state index is 12.7. The minimum atomic E-state index is 0.192. The van der Waals surface area contributed by atoms with Crippen molar-refractivity contribution < 1.29 is 4.79 Å². The van der Waals surface area contributed by atoms with Crippen molar-refractivity contribution in [2.75, 3.05) is 0 Å².